The van der Waals surface area contributed by atoms with E-state index in [4.69, 9.17) is 0 Å². The van der Waals surface area contributed by atoms with E-state index in [1.54, 1.807) is 0 Å². The summed E-state index contributed by atoms with van der Waals surface area (Å²) < 4.78 is 0. The van der Waals surface area contributed by atoms with Gasteiger partial charge in [-0.2, -0.15) is 0 Å². The van der Waals surface area contributed by atoms with E-state index in [0.717, 1.165) is 11.4 Å². The molecule has 0 heterocycles. The molecular weight excluding hydrogens is 446 g/mol. The number of hydrogen-bond donors (Lipinski definition) is 1. The van der Waals surface area contributed by atoms with Gasteiger partial charge in [0.1, 0.15) is 0 Å². The van der Waals surface area contributed by atoms with Crippen molar-refractivity contribution in [2.75, 3.05) is 5.32 Å². The smallest absolute Gasteiger partial charge is 0.0390 e. The molecule has 0 atom stereocenters. The summed E-state index contributed by atoms with van der Waals surface area (Å²) in [5.74, 6) is 0. The second kappa shape index (κ2) is 9.26. The Kier molecular flexibility index (Phi) is 5.77. The standard InChI is InChI=1S/C36H31N/c1-36(2,3)27-17-12-18-28(23-27)37-29-21-22-32-33(24-29)35(26-15-8-5-9-16-26)31-20-11-10-19-30(31)34(32)25-13-6-4-7-14-25/h4-24,37H,1-3H3. The van der Waals surface area contributed by atoms with Crippen molar-refractivity contribution >= 4 is 32.9 Å². The minimum Gasteiger partial charge on any atom is -0.356 e. The Morgan fingerprint density at radius 1 is 0.432 bits per heavy atom. The van der Waals surface area contributed by atoms with Gasteiger partial charge in [0.15, 0.2) is 0 Å². The fourth-order valence-corrected chi connectivity index (χ4v) is 5.32. The van der Waals surface area contributed by atoms with Gasteiger partial charge in [-0.05, 0) is 79.0 Å². The molecule has 6 rings (SSSR count). The van der Waals surface area contributed by atoms with E-state index >= 15 is 0 Å². The quantitative estimate of drug-likeness (QED) is 0.249. The molecule has 0 aliphatic carbocycles. The number of anilines is 2. The van der Waals surface area contributed by atoms with Crippen LogP contribution in [0.2, 0.25) is 0 Å². The lowest BCUT2D eigenvalue weighted by molar-refractivity contribution is 0.590. The Morgan fingerprint density at radius 3 is 1.54 bits per heavy atom. The zero-order valence-corrected chi connectivity index (χ0v) is 21.6. The van der Waals surface area contributed by atoms with Crippen molar-refractivity contribution in [1.29, 1.82) is 0 Å². The van der Waals surface area contributed by atoms with Crippen LogP contribution in [0.15, 0.2) is 127 Å². The molecule has 0 amide bonds. The molecule has 0 spiro atoms. The molecule has 0 bridgehead atoms. The molecule has 6 aromatic rings. The van der Waals surface area contributed by atoms with Crippen LogP contribution in [0.5, 0.6) is 0 Å². The Balaban J connectivity index is 1.62. The van der Waals surface area contributed by atoms with Crippen molar-refractivity contribution in [3.63, 3.8) is 0 Å². The zero-order chi connectivity index (χ0) is 25.4. The summed E-state index contributed by atoms with van der Waals surface area (Å²) in [4.78, 5) is 0. The second-order valence-electron chi connectivity index (χ2n) is 10.7. The van der Waals surface area contributed by atoms with Crippen molar-refractivity contribution in [3.8, 4) is 22.3 Å². The predicted molar refractivity (Wildman–Crippen MR) is 161 cm³/mol. The molecule has 0 radical (unpaired) electrons. The van der Waals surface area contributed by atoms with Crippen molar-refractivity contribution in [2.45, 2.75) is 26.2 Å². The van der Waals surface area contributed by atoms with Gasteiger partial charge in [0.2, 0.25) is 0 Å². The molecule has 1 nitrogen and oxygen atoms in total. The molecule has 0 saturated carbocycles. The number of fused-ring (bicyclic) bond motifs is 2. The maximum absolute atomic E-state index is 3.69. The third kappa shape index (κ3) is 4.38. The highest BCUT2D eigenvalue weighted by Gasteiger charge is 2.17. The summed E-state index contributed by atoms with van der Waals surface area (Å²) in [6.07, 6.45) is 0. The van der Waals surface area contributed by atoms with Crippen LogP contribution < -0.4 is 5.32 Å². The van der Waals surface area contributed by atoms with Crippen molar-refractivity contribution in [2.24, 2.45) is 0 Å². The molecule has 37 heavy (non-hydrogen) atoms. The van der Waals surface area contributed by atoms with Gasteiger partial charge in [-0.1, -0.05) is 124 Å². The summed E-state index contributed by atoms with van der Waals surface area (Å²) in [5.41, 5.74) is 8.65. The van der Waals surface area contributed by atoms with Crippen molar-refractivity contribution in [1.82, 2.24) is 0 Å². The third-order valence-electron chi connectivity index (χ3n) is 7.17. The Bertz CT molecular complexity index is 1710. The Labute approximate surface area is 219 Å². The Hall–Kier alpha value is -4.36. The van der Waals surface area contributed by atoms with Crippen LogP contribution in [0.4, 0.5) is 11.4 Å². The van der Waals surface area contributed by atoms with E-state index in [1.807, 2.05) is 0 Å². The van der Waals surface area contributed by atoms with Crippen LogP contribution >= 0.6 is 0 Å². The number of hydrogen-bond acceptors (Lipinski definition) is 1. The van der Waals surface area contributed by atoms with Crippen molar-refractivity contribution in [3.05, 3.63) is 133 Å². The highest BCUT2D eigenvalue weighted by Crippen LogP contribution is 2.44. The molecular formula is C36H31N. The summed E-state index contributed by atoms with van der Waals surface area (Å²) in [5, 5.41) is 8.75. The first-order valence-electron chi connectivity index (χ1n) is 13.0. The highest BCUT2D eigenvalue weighted by atomic mass is 14.9. The normalized spacial score (nSPS) is 11.6. The maximum Gasteiger partial charge on any atom is 0.0390 e. The fourth-order valence-electron chi connectivity index (χ4n) is 5.32. The van der Waals surface area contributed by atoms with Crippen LogP contribution in [-0.2, 0) is 5.41 Å². The minimum atomic E-state index is 0.102. The van der Waals surface area contributed by atoms with Crippen LogP contribution in [0.25, 0.3) is 43.8 Å². The molecule has 0 unspecified atom stereocenters. The lowest BCUT2D eigenvalue weighted by Gasteiger charge is -2.21. The first-order valence-corrected chi connectivity index (χ1v) is 13.0. The average Bonchev–Trinajstić information content (AvgIpc) is 2.92. The van der Waals surface area contributed by atoms with Gasteiger partial charge in [-0.15, -0.1) is 0 Å². The SMILES string of the molecule is CC(C)(C)c1cccc(Nc2ccc3c(-c4ccccc4)c4ccccc4c(-c4ccccc4)c3c2)c1. The van der Waals surface area contributed by atoms with Gasteiger partial charge in [0.05, 0.1) is 0 Å². The van der Waals surface area contributed by atoms with Gasteiger partial charge in [0, 0.05) is 11.4 Å². The van der Waals surface area contributed by atoms with E-state index in [0.29, 0.717) is 0 Å². The number of nitrogens with one attached hydrogen (secondary N) is 1. The summed E-state index contributed by atoms with van der Waals surface area (Å²) in [6.45, 7) is 6.76. The maximum atomic E-state index is 3.69. The molecule has 0 saturated heterocycles. The summed E-state index contributed by atoms with van der Waals surface area (Å²) in [7, 11) is 0. The van der Waals surface area contributed by atoms with E-state index in [1.165, 1.54) is 49.4 Å². The molecule has 0 aromatic heterocycles. The summed E-state index contributed by atoms with van der Waals surface area (Å²) >= 11 is 0. The first kappa shape index (κ1) is 23.1. The van der Waals surface area contributed by atoms with Gasteiger partial charge in [-0.3, -0.25) is 0 Å². The van der Waals surface area contributed by atoms with Crippen LogP contribution in [-0.4, -0.2) is 0 Å². The zero-order valence-electron chi connectivity index (χ0n) is 21.6. The van der Waals surface area contributed by atoms with E-state index in [9.17, 15) is 0 Å². The van der Waals surface area contributed by atoms with E-state index in [-0.39, 0.29) is 5.41 Å². The van der Waals surface area contributed by atoms with Crippen molar-refractivity contribution < 1.29 is 0 Å². The topological polar surface area (TPSA) is 12.0 Å². The molecule has 0 aliphatic heterocycles. The van der Waals surface area contributed by atoms with E-state index in [2.05, 4.69) is 153 Å². The summed E-state index contributed by atoms with van der Waals surface area (Å²) in [6, 6.07) is 45.9. The molecule has 0 aliphatic rings. The van der Waals surface area contributed by atoms with Gasteiger partial charge in [0.25, 0.3) is 0 Å². The molecule has 0 fully saturated rings. The van der Waals surface area contributed by atoms with Crippen LogP contribution in [0, 0.1) is 0 Å². The molecule has 6 aromatic carbocycles. The first-order chi connectivity index (χ1) is 18.0. The lowest BCUT2D eigenvalue weighted by atomic mass is 9.85. The second-order valence-corrected chi connectivity index (χ2v) is 10.7. The van der Waals surface area contributed by atoms with Crippen LogP contribution in [0.3, 0.4) is 0 Å². The van der Waals surface area contributed by atoms with Gasteiger partial charge >= 0.3 is 0 Å². The van der Waals surface area contributed by atoms with Gasteiger partial charge < -0.3 is 5.32 Å². The third-order valence-corrected chi connectivity index (χ3v) is 7.17. The largest absolute Gasteiger partial charge is 0.356 e. The fraction of sp³-hybridized carbons (Fsp3) is 0.111. The molecule has 1 heteroatoms. The molecule has 180 valence electrons. The average molecular weight is 478 g/mol. The number of benzene rings is 6. The minimum absolute atomic E-state index is 0.102. The van der Waals surface area contributed by atoms with Crippen LogP contribution in [0.1, 0.15) is 26.3 Å². The van der Waals surface area contributed by atoms with Gasteiger partial charge in [-0.25, -0.2) is 0 Å². The lowest BCUT2D eigenvalue weighted by Crippen LogP contribution is -2.11. The van der Waals surface area contributed by atoms with E-state index < -0.39 is 0 Å². The highest BCUT2D eigenvalue weighted by molar-refractivity contribution is 6.21. The Morgan fingerprint density at radius 2 is 0.946 bits per heavy atom. The number of rotatable bonds is 4. The predicted octanol–water partition coefficient (Wildman–Crippen LogP) is 10.4. The monoisotopic (exact) mass is 477 g/mol. The molecule has 1 N–H and O–H groups in total.